The molecule has 0 fully saturated rings. The van der Waals surface area contributed by atoms with Gasteiger partial charge in [0.2, 0.25) is 5.91 Å². The van der Waals surface area contributed by atoms with E-state index in [9.17, 15) is 9.59 Å². The molecule has 0 radical (unpaired) electrons. The Morgan fingerprint density at radius 1 is 0.955 bits per heavy atom. The van der Waals surface area contributed by atoms with Gasteiger partial charge in [-0.15, -0.1) is 0 Å². The number of rotatable bonds is 6. The van der Waals surface area contributed by atoms with Crippen molar-refractivity contribution in [1.82, 2.24) is 5.32 Å². The maximum atomic E-state index is 12.6. The predicted molar refractivity (Wildman–Crippen MR) is 84.6 cm³/mol. The highest BCUT2D eigenvalue weighted by Gasteiger charge is 2.26. The molecule has 0 unspecified atom stereocenters. The lowest BCUT2D eigenvalue weighted by atomic mass is 9.90. The fourth-order valence-electron chi connectivity index (χ4n) is 2.38. The molecule has 2 rings (SSSR count). The van der Waals surface area contributed by atoms with Crippen molar-refractivity contribution in [2.75, 3.05) is 0 Å². The highest BCUT2D eigenvalue weighted by Crippen LogP contribution is 2.24. The van der Waals surface area contributed by atoms with Gasteiger partial charge in [0, 0.05) is 0 Å². The molecule has 0 spiro atoms. The number of hydrogen-bond donors (Lipinski definition) is 2. The Morgan fingerprint density at radius 3 is 1.77 bits per heavy atom. The van der Waals surface area contributed by atoms with Crippen LogP contribution in [0.25, 0.3) is 0 Å². The van der Waals surface area contributed by atoms with Gasteiger partial charge < -0.3 is 10.4 Å². The Balaban J connectivity index is 2.33. The summed E-state index contributed by atoms with van der Waals surface area (Å²) in [5.74, 6) is -1.84. The van der Waals surface area contributed by atoms with E-state index >= 15 is 0 Å². The van der Waals surface area contributed by atoms with E-state index in [4.69, 9.17) is 5.11 Å². The van der Waals surface area contributed by atoms with E-state index in [-0.39, 0.29) is 5.91 Å². The third-order valence-electron chi connectivity index (χ3n) is 3.55. The Labute approximate surface area is 129 Å². The molecule has 0 saturated carbocycles. The molecule has 0 heterocycles. The van der Waals surface area contributed by atoms with Gasteiger partial charge in [-0.05, 0) is 17.5 Å². The lowest BCUT2D eigenvalue weighted by Gasteiger charge is -2.20. The summed E-state index contributed by atoms with van der Waals surface area (Å²) in [5, 5.41) is 11.8. The SMILES string of the molecule is CC[C@@H](NC(=O)C(c1ccccc1)c1ccccc1)C(=O)O. The molecule has 0 aliphatic rings. The van der Waals surface area contributed by atoms with E-state index in [2.05, 4.69) is 5.32 Å². The Morgan fingerprint density at radius 2 is 1.41 bits per heavy atom. The number of carbonyl (C=O) groups is 2. The van der Waals surface area contributed by atoms with E-state index in [1.165, 1.54) is 0 Å². The molecule has 22 heavy (non-hydrogen) atoms. The highest BCUT2D eigenvalue weighted by molar-refractivity contribution is 5.90. The first-order valence-corrected chi connectivity index (χ1v) is 7.26. The standard InChI is InChI=1S/C18H19NO3/c1-2-15(18(21)22)19-17(20)16(13-9-5-3-6-10-13)14-11-7-4-8-12-14/h3-12,15-16H,2H2,1H3,(H,19,20)(H,21,22)/t15-/m1/s1. The van der Waals surface area contributed by atoms with Crippen molar-refractivity contribution in [2.24, 2.45) is 0 Å². The summed E-state index contributed by atoms with van der Waals surface area (Å²) in [5.41, 5.74) is 1.68. The molecule has 0 aromatic heterocycles. The third kappa shape index (κ3) is 3.73. The van der Waals surface area contributed by atoms with Crippen molar-refractivity contribution in [3.8, 4) is 0 Å². The lowest BCUT2D eigenvalue weighted by Crippen LogP contribution is -2.42. The van der Waals surface area contributed by atoms with Crippen LogP contribution in [-0.2, 0) is 9.59 Å². The van der Waals surface area contributed by atoms with Gasteiger partial charge in [-0.2, -0.15) is 0 Å². The zero-order chi connectivity index (χ0) is 15.9. The van der Waals surface area contributed by atoms with Crippen LogP contribution in [-0.4, -0.2) is 23.0 Å². The van der Waals surface area contributed by atoms with Crippen molar-refractivity contribution in [2.45, 2.75) is 25.3 Å². The molecule has 0 saturated heterocycles. The molecule has 2 N–H and O–H groups in total. The fraction of sp³-hybridized carbons (Fsp3) is 0.222. The number of carboxylic acids is 1. The minimum Gasteiger partial charge on any atom is -0.480 e. The molecule has 1 amide bonds. The minimum absolute atomic E-state index is 0.299. The fourth-order valence-corrected chi connectivity index (χ4v) is 2.38. The van der Waals surface area contributed by atoms with Crippen LogP contribution in [0.5, 0.6) is 0 Å². The molecule has 2 aromatic rings. The molecule has 0 aliphatic heterocycles. The van der Waals surface area contributed by atoms with Gasteiger partial charge in [0.15, 0.2) is 0 Å². The first-order valence-electron chi connectivity index (χ1n) is 7.26. The van der Waals surface area contributed by atoms with E-state index < -0.39 is 17.9 Å². The van der Waals surface area contributed by atoms with E-state index in [1.807, 2.05) is 60.7 Å². The Kier molecular flexibility index (Phi) is 5.31. The first-order chi connectivity index (χ1) is 10.6. The molecule has 0 bridgehead atoms. The topological polar surface area (TPSA) is 66.4 Å². The maximum absolute atomic E-state index is 12.6. The van der Waals surface area contributed by atoms with Crippen molar-refractivity contribution < 1.29 is 14.7 Å². The van der Waals surface area contributed by atoms with Gasteiger partial charge >= 0.3 is 5.97 Å². The average Bonchev–Trinajstić information content (AvgIpc) is 2.54. The molecule has 114 valence electrons. The average molecular weight is 297 g/mol. The second-order valence-corrected chi connectivity index (χ2v) is 5.06. The summed E-state index contributed by atoms with van der Waals surface area (Å²) in [7, 11) is 0. The zero-order valence-electron chi connectivity index (χ0n) is 12.4. The lowest BCUT2D eigenvalue weighted by molar-refractivity contribution is -0.142. The molecule has 4 heteroatoms. The normalized spacial score (nSPS) is 11.9. The van der Waals surface area contributed by atoms with Gasteiger partial charge in [-0.3, -0.25) is 4.79 Å². The maximum Gasteiger partial charge on any atom is 0.326 e. The van der Waals surface area contributed by atoms with Gasteiger partial charge in [-0.1, -0.05) is 67.6 Å². The highest BCUT2D eigenvalue weighted by atomic mass is 16.4. The van der Waals surface area contributed by atoms with E-state index in [1.54, 1.807) is 6.92 Å². The second-order valence-electron chi connectivity index (χ2n) is 5.06. The predicted octanol–water partition coefficient (Wildman–Crippen LogP) is 2.80. The summed E-state index contributed by atoms with van der Waals surface area (Å²) in [6, 6.07) is 17.9. The summed E-state index contributed by atoms with van der Waals surface area (Å²) in [6.45, 7) is 1.74. The van der Waals surface area contributed by atoms with Crippen LogP contribution in [0, 0.1) is 0 Å². The largest absolute Gasteiger partial charge is 0.480 e. The van der Waals surface area contributed by atoms with Gasteiger partial charge in [0.25, 0.3) is 0 Å². The van der Waals surface area contributed by atoms with Gasteiger partial charge in [-0.25, -0.2) is 4.79 Å². The molecule has 4 nitrogen and oxygen atoms in total. The van der Waals surface area contributed by atoms with Crippen molar-refractivity contribution in [3.63, 3.8) is 0 Å². The zero-order valence-corrected chi connectivity index (χ0v) is 12.4. The quantitative estimate of drug-likeness (QED) is 0.861. The Bertz CT molecular complexity index is 586. The van der Waals surface area contributed by atoms with Crippen molar-refractivity contribution in [3.05, 3.63) is 71.8 Å². The smallest absolute Gasteiger partial charge is 0.326 e. The van der Waals surface area contributed by atoms with Crippen LogP contribution >= 0.6 is 0 Å². The third-order valence-corrected chi connectivity index (χ3v) is 3.55. The van der Waals surface area contributed by atoms with Crippen LogP contribution in [0.2, 0.25) is 0 Å². The van der Waals surface area contributed by atoms with Crippen LogP contribution < -0.4 is 5.32 Å². The number of nitrogens with one attached hydrogen (secondary N) is 1. The second kappa shape index (κ2) is 7.41. The number of carbonyl (C=O) groups excluding carboxylic acids is 1. The summed E-state index contributed by atoms with van der Waals surface area (Å²) in [6.07, 6.45) is 0.345. The molecular weight excluding hydrogens is 278 g/mol. The summed E-state index contributed by atoms with van der Waals surface area (Å²) >= 11 is 0. The number of amides is 1. The minimum atomic E-state index is -1.02. The van der Waals surface area contributed by atoms with Gasteiger partial charge in [0.05, 0.1) is 5.92 Å². The van der Waals surface area contributed by atoms with Crippen LogP contribution in [0.1, 0.15) is 30.4 Å². The van der Waals surface area contributed by atoms with Crippen molar-refractivity contribution >= 4 is 11.9 Å². The molecule has 1 atom stereocenters. The van der Waals surface area contributed by atoms with Crippen molar-refractivity contribution in [1.29, 1.82) is 0 Å². The van der Waals surface area contributed by atoms with E-state index in [0.717, 1.165) is 11.1 Å². The van der Waals surface area contributed by atoms with Gasteiger partial charge in [0.1, 0.15) is 6.04 Å². The number of hydrogen-bond acceptors (Lipinski definition) is 2. The van der Waals surface area contributed by atoms with Crippen LogP contribution in [0.15, 0.2) is 60.7 Å². The summed E-state index contributed by atoms with van der Waals surface area (Å²) < 4.78 is 0. The Hall–Kier alpha value is -2.62. The van der Waals surface area contributed by atoms with E-state index in [0.29, 0.717) is 6.42 Å². The van der Waals surface area contributed by atoms with Crippen LogP contribution in [0.3, 0.4) is 0 Å². The molecular formula is C18H19NO3. The number of benzene rings is 2. The monoisotopic (exact) mass is 297 g/mol. The first kappa shape index (κ1) is 15.8. The molecule has 0 aliphatic carbocycles. The van der Waals surface area contributed by atoms with Crippen LogP contribution in [0.4, 0.5) is 0 Å². The number of aliphatic carboxylic acids is 1. The summed E-state index contributed by atoms with van der Waals surface area (Å²) in [4.78, 5) is 23.8. The number of carboxylic acid groups (broad SMARTS) is 1. The molecule has 2 aromatic carbocycles.